The molecule has 0 aromatic carbocycles. The van der Waals surface area contributed by atoms with Gasteiger partial charge in [0.1, 0.15) is 5.76 Å². The topological polar surface area (TPSA) is 59.4 Å². The zero-order chi connectivity index (χ0) is 12.7. The fourth-order valence-electron chi connectivity index (χ4n) is 2.63. The van der Waals surface area contributed by atoms with Gasteiger partial charge in [-0.05, 0) is 25.8 Å². The summed E-state index contributed by atoms with van der Waals surface area (Å²) in [5.74, 6) is 0.695. The molecule has 1 heterocycles. The first-order valence-electron chi connectivity index (χ1n) is 5.60. The number of rotatable bonds is 4. The van der Waals surface area contributed by atoms with Gasteiger partial charge in [0.25, 0.3) is 0 Å². The van der Waals surface area contributed by atoms with Gasteiger partial charge in [0, 0.05) is 11.0 Å². The molecule has 1 atom stereocenters. The molecular weight excluding hydrogens is 228 g/mol. The normalized spacial score (nSPS) is 23.1. The molecule has 0 spiro atoms. The van der Waals surface area contributed by atoms with Crippen molar-refractivity contribution in [3.63, 3.8) is 0 Å². The Balaban J connectivity index is 2.09. The minimum absolute atomic E-state index is 0.0540. The number of halogens is 2. The third-order valence-corrected chi connectivity index (χ3v) is 3.62. The maximum absolute atomic E-state index is 12.7. The number of aryl methyl sites for hydroxylation is 1. The van der Waals surface area contributed by atoms with Crippen molar-refractivity contribution in [1.82, 2.24) is 0 Å². The lowest BCUT2D eigenvalue weighted by atomic mass is 9.57. The predicted molar refractivity (Wildman–Crippen MR) is 58.9 cm³/mol. The fourth-order valence-corrected chi connectivity index (χ4v) is 2.63. The number of hydrogen-bond acceptors (Lipinski definition) is 3. The molecule has 1 aliphatic carbocycles. The molecule has 96 valence electrons. The summed E-state index contributed by atoms with van der Waals surface area (Å²) in [6, 6.07) is 1.07. The highest BCUT2D eigenvalue weighted by molar-refractivity contribution is 5.23. The Morgan fingerprint density at radius 3 is 2.47 bits per heavy atom. The highest BCUT2D eigenvalue weighted by Gasteiger charge is 2.57. The van der Waals surface area contributed by atoms with E-state index in [-0.39, 0.29) is 12.8 Å². The number of hydrogen-bond donors (Lipinski definition) is 2. The summed E-state index contributed by atoms with van der Waals surface area (Å²) >= 11 is 0. The Bertz CT molecular complexity index is 393. The number of furan rings is 1. The first-order chi connectivity index (χ1) is 7.95. The SMILES string of the molecule is Cc1cc(C(N)C2(O)CC(CF)(CF)C2)co1. The van der Waals surface area contributed by atoms with Crippen molar-refractivity contribution in [2.75, 3.05) is 13.3 Å². The molecule has 0 amide bonds. The van der Waals surface area contributed by atoms with Gasteiger partial charge in [0.2, 0.25) is 0 Å². The van der Waals surface area contributed by atoms with Crippen molar-refractivity contribution in [3.8, 4) is 0 Å². The van der Waals surface area contributed by atoms with Crippen LogP contribution in [-0.2, 0) is 0 Å². The van der Waals surface area contributed by atoms with Gasteiger partial charge in [-0.1, -0.05) is 0 Å². The lowest BCUT2D eigenvalue weighted by Crippen LogP contribution is -2.59. The second-order valence-corrected chi connectivity index (χ2v) is 5.19. The van der Waals surface area contributed by atoms with Crippen LogP contribution in [0.2, 0.25) is 0 Å². The largest absolute Gasteiger partial charge is 0.469 e. The van der Waals surface area contributed by atoms with E-state index >= 15 is 0 Å². The summed E-state index contributed by atoms with van der Waals surface area (Å²) in [7, 11) is 0. The van der Waals surface area contributed by atoms with Crippen molar-refractivity contribution in [2.45, 2.75) is 31.4 Å². The van der Waals surface area contributed by atoms with Gasteiger partial charge in [0.05, 0.1) is 31.3 Å². The third-order valence-electron chi connectivity index (χ3n) is 3.62. The molecule has 1 fully saturated rings. The van der Waals surface area contributed by atoms with E-state index in [0.717, 1.165) is 0 Å². The zero-order valence-corrected chi connectivity index (χ0v) is 9.75. The summed E-state index contributed by atoms with van der Waals surface area (Å²) in [6.07, 6.45) is 1.58. The van der Waals surface area contributed by atoms with E-state index in [2.05, 4.69) is 0 Å². The van der Waals surface area contributed by atoms with E-state index in [1.165, 1.54) is 6.26 Å². The van der Waals surface area contributed by atoms with Crippen LogP contribution in [0.5, 0.6) is 0 Å². The summed E-state index contributed by atoms with van der Waals surface area (Å²) in [4.78, 5) is 0. The number of nitrogens with two attached hydrogens (primary N) is 1. The molecule has 5 heteroatoms. The van der Waals surface area contributed by atoms with Gasteiger partial charge in [-0.3, -0.25) is 8.78 Å². The van der Waals surface area contributed by atoms with Crippen LogP contribution in [0, 0.1) is 12.3 Å². The maximum Gasteiger partial charge on any atom is 0.101 e. The van der Waals surface area contributed by atoms with E-state index in [1.54, 1.807) is 13.0 Å². The maximum atomic E-state index is 12.7. The molecule has 0 saturated heterocycles. The second-order valence-electron chi connectivity index (χ2n) is 5.19. The Labute approximate surface area is 98.6 Å². The number of alkyl halides is 2. The van der Waals surface area contributed by atoms with Crippen molar-refractivity contribution < 1.29 is 18.3 Å². The van der Waals surface area contributed by atoms with Gasteiger partial charge in [-0.25, -0.2) is 0 Å². The van der Waals surface area contributed by atoms with Crippen LogP contribution < -0.4 is 5.73 Å². The molecule has 1 unspecified atom stereocenters. The van der Waals surface area contributed by atoms with Crippen LogP contribution in [0.1, 0.15) is 30.2 Å². The summed E-state index contributed by atoms with van der Waals surface area (Å²) in [5.41, 5.74) is 4.32. The second kappa shape index (κ2) is 4.07. The Morgan fingerprint density at radius 1 is 1.47 bits per heavy atom. The molecule has 0 aliphatic heterocycles. The highest BCUT2D eigenvalue weighted by Crippen LogP contribution is 2.53. The highest BCUT2D eigenvalue weighted by atomic mass is 19.1. The molecule has 17 heavy (non-hydrogen) atoms. The van der Waals surface area contributed by atoms with E-state index < -0.39 is 30.4 Å². The van der Waals surface area contributed by atoms with Gasteiger partial charge in [-0.2, -0.15) is 0 Å². The van der Waals surface area contributed by atoms with Crippen LogP contribution >= 0.6 is 0 Å². The molecule has 1 aliphatic rings. The van der Waals surface area contributed by atoms with Crippen LogP contribution in [0.4, 0.5) is 8.78 Å². The smallest absolute Gasteiger partial charge is 0.101 e. The number of aliphatic hydroxyl groups is 1. The van der Waals surface area contributed by atoms with Gasteiger partial charge < -0.3 is 15.3 Å². The van der Waals surface area contributed by atoms with Gasteiger partial charge in [-0.15, -0.1) is 0 Å². The minimum atomic E-state index is -1.23. The van der Waals surface area contributed by atoms with Gasteiger partial charge in [0.15, 0.2) is 0 Å². The molecule has 0 radical (unpaired) electrons. The average molecular weight is 245 g/mol. The standard InChI is InChI=1S/C12H17F2NO2/c1-8-2-9(3-17-8)10(15)12(16)4-11(5-12,6-13)7-14/h2-3,10,16H,4-7,15H2,1H3. The molecule has 1 saturated carbocycles. The Hall–Kier alpha value is -0.940. The molecular formula is C12H17F2NO2. The zero-order valence-electron chi connectivity index (χ0n) is 9.75. The molecule has 3 nitrogen and oxygen atoms in total. The Kier molecular flexibility index (Phi) is 2.99. The average Bonchev–Trinajstić information content (AvgIpc) is 2.70. The Morgan fingerprint density at radius 2 is 2.06 bits per heavy atom. The van der Waals surface area contributed by atoms with Crippen LogP contribution in [0.15, 0.2) is 16.7 Å². The van der Waals surface area contributed by atoms with E-state index in [0.29, 0.717) is 11.3 Å². The van der Waals surface area contributed by atoms with Crippen molar-refractivity contribution in [3.05, 3.63) is 23.7 Å². The van der Waals surface area contributed by atoms with Crippen molar-refractivity contribution in [1.29, 1.82) is 0 Å². The van der Waals surface area contributed by atoms with Crippen molar-refractivity contribution >= 4 is 0 Å². The molecule has 1 aromatic heterocycles. The monoisotopic (exact) mass is 245 g/mol. The lowest BCUT2D eigenvalue weighted by molar-refractivity contribution is -0.158. The molecule has 2 rings (SSSR count). The van der Waals surface area contributed by atoms with Crippen LogP contribution in [-0.4, -0.2) is 24.1 Å². The summed E-state index contributed by atoms with van der Waals surface area (Å²) < 4.78 is 30.5. The first-order valence-corrected chi connectivity index (χ1v) is 5.60. The van der Waals surface area contributed by atoms with E-state index in [9.17, 15) is 13.9 Å². The van der Waals surface area contributed by atoms with E-state index in [4.69, 9.17) is 10.2 Å². The molecule has 0 bridgehead atoms. The molecule has 1 aromatic rings. The van der Waals surface area contributed by atoms with Gasteiger partial charge >= 0.3 is 0 Å². The fraction of sp³-hybridized carbons (Fsp3) is 0.667. The van der Waals surface area contributed by atoms with Crippen LogP contribution in [0.25, 0.3) is 0 Å². The quantitative estimate of drug-likeness (QED) is 0.853. The van der Waals surface area contributed by atoms with Crippen LogP contribution in [0.3, 0.4) is 0 Å². The summed E-state index contributed by atoms with van der Waals surface area (Å²) in [6.45, 7) is 0.250. The first kappa shape index (κ1) is 12.5. The summed E-state index contributed by atoms with van der Waals surface area (Å²) in [5, 5.41) is 10.2. The van der Waals surface area contributed by atoms with E-state index in [1.807, 2.05) is 0 Å². The third kappa shape index (κ3) is 1.98. The minimum Gasteiger partial charge on any atom is -0.469 e. The molecule has 3 N–H and O–H groups in total. The predicted octanol–water partition coefficient (Wildman–Crippen LogP) is 2.04. The van der Waals surface area contributed by atoms with Crippen molar-refractivity contribution in [2.24, 2.45) is 11.1 Å². The lowest BCUT2D eigenvalue weighted by Gasteiger charge is -2.53.